The first-order valence-corrected chi connectivity index (χ1v) is 9.10. The van der Waals surface area contributed by atoms with E-state index < -0.39 is 0 Å². The molecule has 1 spiro atoms. The fourth-order valence-corrected chi connectivity index (χ4v) is 3.93. The second-order valence-electron chi connectivity index (χ2n) is 6.92. The Balaban J connectivity index is 1.39. The number of likely N-dealkylation sites (tertiary alicyclic amines) is 1. The highest BCUT2D eigenvalue weighted by molar-refractivity contribution is 5.91. The van der Waals surface area contributed by atoms with Crippen LogP contribution in [0.5, 0.6) is 11.7 Å². The van der Waals surface area contributed by atoms with E-state index in [0.29, 0.717) is 38.1 Å². The largest absolute Gasteiger partial charge is 0.426 e. The van der Waals surface area contributed by atoms with Gasteiger partial charge in [-0.2, -0.15) is 0 Å². The van der Waals surface area contributed by atoms with Crippen LogP contribution in [0.2, 0.25) is 0 Å². The molecule has 0 bridgehead atoms. The lowest BCUT2D eigenvalue weighted by atomic mass is 9.86. The summed E-state index contributed by atoms with van der Waals surface area (Å²) < 4.78 is 11.2. The minimum atomic E-state index is -0.284. The van der Waals surface area contributed by atoms with Crippen LogP contribution in [0.15, 0.2) is 46.9 Å². The number of hydroxylamine groups is 2. The molecule has 1 aromatic carbocycles. The number of rotatable bonds is 4. The van der Waals surface area contributed by atoms with Gasteiger partial charge in [0.15, 0.2) is 5.76 Å². The number of carbonyl (C=O) groups excluding carboxylic acids is 2. The summed E-state index contributed by atoms with van der Waals surface area (Å²) in [6.45, 7) is 1.11. The SMILES string of the molecule is CON1C(=O)CCC12CCN(C(=O)c1ccc(Oc3ccccc3)o1)CC2. The van der Waals surface area contributed by atoms with Crippen molar-refractivity contribution in [2.45, 2.75) is 31.2 Å². The highest BCUT2D eigenvalue weighted by Crippen LogP contribution is 2.39. The Morgan fingerprint density at radius 3 is 2.52 bits per heavy atom. The average Bonchev–Trinajstić information content (AvgIpc) is 3.27. The van der Waals surface area contributed by atoms with E-state index in [1.165, 1.54) is 12.2 Å². The normalized spacial score (nSPS) is 18.9. The van der Waals surface area contributed by atoms with E-state index in [2.05, 4.69) is 0 Å². The van der Waals surface area contributed by atoms with Gasteiger partial charge < -0.3 is 14.1 Å². The predicted octanol–water partition coefficient (Wildman–Crippen LogP) is 3.23. The molecule has 0 radical (unpaired) electrons. The van der Waals surface area contributed by atoms with E-state index in [1.54, 1.807) is 17.0 Å². The summed E-state index contributed by atoms with van der Waals surface area (Å²) >= 11 is 0. The van der Waals surface area contributed by atoms with Crippen LogP contribution in [0, 0.1) is 0 Å². The monoisotopic (exact) mass is 370 g/mol. The van der Waals surface area contributed by atoms with Crippen LogP contribution in [-0.4, -0.2) is 47.5 Å². The Morgan fingerprint density at radius 1 is 1.07 bits per heavy atom. The van der Waals surface area contributed by atoms with Crippen LogP contribution in [0.1, 0.15) is 36.2 Å². The fourth-order valence-electron chi connectivity index (χ4n) is 3.93. The Morgan fingerprint density at radius 2 is 1.81 bits per heavy atom. The molecule has 3 heterocycles. The first-order valence-electron chi connectivity index (χ1n) is 9.10. The van der Waals surface area contributed by atoms with Gasteiger partial charge >= 0.3 is 0 Å². The highest BCUT2D eigenvalue weighted by Gasteiger charge is 2.48. The second kappa shape index (κ2) is 7.08. The van der Waals surface area contributed by atoms with Crippen molar-refractivity contribution < 1.29 is 23.6 Å². The molecule has 0 atom stereocenters. The molecule has 2 aliphatic heterocycles. The fraction of sp³-hybridized carbons (Fsp3) is 0.400. The molecule has 2 aliphatic rings. The summed E-state index contributed by atoms with van der Waals surface area (Å²) in [7, 11) is 1.53. The van der Waals surface area contributed by atoms with Gasteiger partial charge in [0.05, 0.1) is 12.6 Å². The van der Waals surface area contributed by atoms with Gasteiger partial charge in [-0.05, 0) is 37.5 Å². The van der Waals surface area contributed by atoms with Crippen molar-refractivity contribution in [1.29, 1.82) is 0 Å². The van der Waals surface area contributed by atoms with Gasteiger partial charge in [-0.25, -0.2) is 5.06 Å². The lowest BCUT2D eigenvalue weighted by molar-refractivity contribution is -0.201. The van der Waals surface area contributed by atoms with Gasteiger partial charge in [0, 0.05) is 25.6 Å². The number of amides is 2. The molecule has 0 unspecified atom stereocenters. The number of para-hydroxylation sites is 1. The van der Waals surface area contributed by atoms with Gasteiger partial charge in [0.1, 0.15) is 5.75 Å². The van der Waals surface area contributed by atoms with Crippen LogP contribution in [-0.2, 0) is 9.63 Å². The van der Waals surface area contributed by atoms with Gasteiger partial charge in [0.25, 0.3) is 11.9 Å². The molecule has 2 aromatic rings. The maximum absolute atomic E-state index is 12.7. The van der Waals surface area contributed by atoms with E-state index in [4.69, 9.17) is 14.0 Å². The van der Waals surface area contributed by atoms with Crippen molar-refractivity contribution in [3.05, 3.63) is 48.2 Å². The van der Waals surface area contributed by atoms with Crippen molar-refractivity contribution in [2.24, 2.45) is 0 Å². The Labute approximate surface area is 157 Å². The van der Waals surface area contributed by atoms with Crippen LogP contribution >= 0.6 is 0 Å². The molecule has 0 N–H and O–H groups in total. The molecule has 0 aliphatic carbocycles. The Hall–Kier alpha value is -2.80. The van der Waals surface area contributed by atoms with Gasteiger partial charge in [-0.1, -0.05) is 18.2 Å². The zero-order valence-corrected chi connectivity index (χ0v) is 15.2. The lowest BCUT2D eigenvalue weighted by Crippen LogP contribution is -2.53. The van der Waals surface area contributed by atoms with Crippen molar-refractivity contribution in [3.8, 4) is 11.7 Å². The van der Waals surface area contributed by atoms with Crippen LogP contribution in [0.25, 0.3) is 0 Å². The molecule has 7 heteroatoms. The van der Waals surface area contributed by atoms with Gasteiger partial charge in [-0.15, -0.1) is 0 Å². The summed E-state index contributed by atoms with van der Waals surface area (Å²) in [5.41, 5.74) is -0.284. The molecular weight excluding hydrogens is 348 g/mol. The van der Waals surface area contributed by atoms with Crippen LogP contribution in [0.3, 0.4) is 0 Å². The molecule has 2 amide bonds. The quantitative estimate of drug-likeness (QED) is 0.826. The first kappa shape index (κ1) is 17.6. The summed E-state index contributed by atoms with van der Waals surface area (Å²) in [5.74, 6) is 1.04. The molecule has 27 heavy (non-hydrogen) atoms. The van der Waals surface area contributed by atoms with Crippen LogP contribution in [0.4, 0.5) is 0 Å². The minimum absolute atomic E-state index is 0.0195. The van der Waals surface area contributed by atoms with E-state index >= 15 is 0 Å². The van der Waals surface area contributed by atoms with Gasteiger partial charge in [-0.3, -0.25) is 14.4 Å². The van der Waals surface area contributed by atoms with E-state index in [-0.39, 0.29) is 29.1 Å². The molecule has 7 nitrogen and oxygen atoms in total. The third-order valence-corrected chi connectivity index (χ3v) is 5.38. The van der Waals surface area contributed by atoms with Crippen molar-refractivity contribution >= 4 is 11.8 Å². The smallest absolute Gasteiger partial charge is 0.290 e. The number of benzene rings is 1. The van der Waals surface area contributed by atoms with E-state index in [1.807, 2.05) is 30.3 Å². The Kier molecular flexibility index (Phi) is 4.61. The maximum atomic E-state index is 12.7. The molecule has 2 fully saturated rings. The molecule has 0 saturated carbocycles. The second-order valence-corrected chi connectivity index (χ2v) is 6.92. The third kappa shape index (κ3) is 3.30. The summed E-state index contributed by atoms with van der Waals surface area (Å²) in [6, 6.07) is 12.5. The first-order chi connectivity index (χ1) is 13.1. The lowest BCUT2D eigenvalue weighted by Gasteiger charge is -2.43. The topological polar surface area (TPSA) is 72.2 Å². The Bertz CT molecular complexity index is 824. The zero-order chi connectivity index (χ0) is 18.9. The highest BCUT2D eigenvalue weighted by atomic mass is 16.7. The maximum Gasteiger partial charge on any atom is 0.290 e. The number of ether oxygens (including phenoxy) is 1. The van der Waals surface area contributed by atoms with E-state index in [0.717, 1.165) is 6.42 Å². The van der Waals surface area contributed by atoms with Crippen molar-refractivity contribution in [3.63, 3.8) is 0 Å². The number of piperidine rings is 1. The number of nitrogens with zero attached hydrogens (tertiary/aromatic N) is 2. The number of hydrogen-bond donors (Lipinski definition) is 0. The predicted molar refractivity (Wildman–Crippen MR) is 96.2 cm³/mol. The minimum Gasteiger partial charge on any atom is -0.426 e. The molecule has 2 saturated heterocycles. The number of hydrogen-bond acceptors (Lipinski definition) is 5. The summed E-state index contributed by atoms with van der Waals surface area (Å²) in [4.78, 5) is 31.8. The zero-order valence-electron chi connectivity index (χ0n) is 15.2. The number of furan rings is 1. The van der Waals surface area contributed by atoms with Gasteiger partial charge in [0.2, 0.25) is 5.91 Å². The molecule has 4 rings (SSSR count). The number of carbonyl (C=O) groups is 2. The molecule has 1 aromatic heterocycles. The van der Waals surface area contributed by atoms with Crippen molar-refractivity contribution in [1.82, 2.24) is 9.96 Å². The summed E-state index contributed by atoms with van der Waals surface area (Å²) in [6.07, 6.45) is 2.68. The molecular formula is C20H22N2O5. The molecule has 142 valence electrons. The summed E-state index contributed by atoms with van der Waals surface area (Å²) in [5, 5.41) is 1.51. The van der Waals surface area contributed by atoms with Crippen molar-refractivity contribution in [2.75, 3.05) is 20.2 Å². The van der Waals surface area contributed by atoms with Crippen LogP contribution < -0.4 is 4.74 Å². The standard InChI is InChI=1S/C20H22N2O5/c1-25-22-17(23)9-10-20(22)11-13-21(14-12-20)19(24)16-7-8-18(27-16)26-15-5-3-2-4-6-15/h2-8H,9-14H2,1H3. The average molecular weight is 370 g/mol. The third-order valence-electron chi connectivity index (χ3n) is 5.38. The van der Waals surface area contributed by atoms with E-state index in [9.17, 15) is 9.59 Å².